The molecule has 78 heavy (non-hydrogen) atoms. The lowest BCUT2D eigenvalue weighted by atomic mass is 9.64. The molecule has 2 aromatic heterocycles. The third kappa shape index (κ3) is 6.70. The van der Waals surface area contributed by atoms with E-state index in [-0.39, 0.29) is 0 Å². The van der Waals surface area contributed by atoms with E-state index in [0.717, 1.165) is 0 Å². The monoisotopic (exact) mass is 1030 g/mol. The third-order valence-electron chi connectivity index (χ3n) is 17.8. The molecule has 0 spiro atoms. The Bertz CT molecular complexity index is 4460. The predicted molar refractivity (Wildman–Crippen MR) is 334 cm³/mol. The first kappa shape index (κ1) is 46.9. The van der Waals surface area contributed by atoms with Crippen molar-refractivity contribution in [1.29, 1.82) is 0 Å². The molecule has 0 saturated heterocycles. The highest BCUT2D eigenvalue weighted by atomic mass is 32.1. The maximum absolute atomic E-state index is 2.57. The summed E-state index contributed by atoms with van der Waals surface area (Å²) >= 11 is 3.90. The molecule has 15 rings (SSSR count). The molecule has 0 atom stereocenters. The number of fused-ring (bicyclic) bond motifs is 12. The Morgan fingerprint density at radius 3 is 1.03 bits per heavy atom. The van der Waals surface area contributed by atoms with Crippen LogP contribution in [0.3, 0.4) is 0 Å². The molecule has 372 valence electrons. The largest absolute Gasteiger partial charge is 0.135 e. The maximum Gasteiger partial charge on any atom is 0.0728 e. The Labute approximate surface area is 465 Å². The highest BCUT2D eigenvalue weighted by Crippen LogP contribution is 2.65. The number of benzene rings is 11. The topological polar surface area (TPSA) is 0 Å². The van der Waals surface area contributed by atoms with E-state index in [0.29, 0.717) is 0 Å². The average Bonchev–Trinajstić information content (AvgIpc) is 3.67. The molecule has 0 radical (unpaired) electrons. The van der Waals surface area contributed by atoms with Gasteiger partial charge in [0, 0.05) is 19.5 Å². The van der Waals surface area contributed by atoms with Gasteiger partial charge in [-0.05, 0) is 187 Å². The van der Waals surface area contributed by atoms with Crippen LogP contribution in [-0.4, -0.2) is 0 Å². The van der Waals surface area contributed by atoms with Crippen LogP contribution in [0.15, 0.2) is 231 Å². The summed E-state index contributed by atoms with van der Waals surface area (Å²) in [4.78, 5) is 5.28. The summed E-state index contributed by atoms with van der Waals surface area (Å²) in [5.74, 6) is 0. The van der Waals surface area contributed by atoms with Crippen molar-refractivity contribution in [2.24, 2.45) is 0 Å². The molecule has 2 aliphatic rings. The summed E-state index contributed by atoms with van der Waals surface area (Å²) in [6.07, 6.45) is 0. The van der Waals surface area contributed by atoms with Gasteiger partial charge in [0.2, 0.25) is 0 Å². The van der Waals surface area contributed by atoms with Gasteiger partial charge >= 0.3 is 0 Å². The maximum atomic E-state index is 2.57. The summed E-state index contributed by atoms with van der Waals surface area (Å²) < 4.78 is 0. The van der Waals surface area contributed by atoms with Crippen LogP contribution in [0.4, 0.5) is 0 Å². The smallest absolute Gasteiger partial charge is 0.0728 e. The van der Waals surface area contributed by atoms with Crippen molar-refractivity contribution in [2.75, 3.05) is 0 Å². The quantitative estimate of drug-likeness (QED) is 0.140. The summed E-state index contributed by atoms with van der Waals surface area (Å²) in [6.45, 7) is 13.5. The van der Waals surface area contributed by atoms with E-state index in [2.05, 4.69) is 272 Å². The fourth-order valence-electron chi connectivity index (χ4n) is 13.8. The molecule has 2 heteroatoms. The van der Waals surface area contributed by atoms with E-state index in [1.165, 1.54) is 163 Å². The summed E-state index contributed by atoms with van der Waals surface area (Å²) in [7, 11) is 0. The van der Waals surface area contributed by atoms with Crippen LogP contribution in [0.5, 0.6) is 0 Å². The van der Waals surface area contributed by atoms with Crippen molar-refractivity contribution in [1.82, 2.24) is 0 Å². The fraction of sp³-hybridized carbons (Fsp3) is 0.105. The molecule has 0 fully saturated rings. The second kappa shape index (κ2) is 17.6. The molecule has 0 saturated carbocycles. The molecule has 11 aromatic carbocycles. The highest BCUT2D eigenvalue weighted by Gasteiger charge is 2.52. The lowest BCUT2D eigenvalue weighted by Gasteiger charge is -2.36. The number of rotatable bonds is 7. The molecule has 0 amide bonds. The summed E-state index contributed by atoms with van der Waals surface area (Å²) in [5, 5.41) is 7.85. The van der Waals surface area contributed by atoms with Crippen LogP contribution in [-0.2, 0) is 10.8 Å². The van der Waals surface area contributed by atoms with Gasteiger partial charge in [-0.25, -0.2) is 0 Å². The molecule has 0 nitrogen and oxygen atoms in total. The minimum absolute atomic E-state index is 0.585. The number of thiophene rings is 2. The van der Waals surface area contributed by atoms with E-state index in [1.54, 1.807) is 0 Å². The Balaban J connectivity index is 1.01. The average molecular weight is 1030 g/mol. The van der Waals surface area contributed by atoms with Gasteiger partial charge in [0.05, 0.1) is 10.8 Å². The van der Waals surface area contributed by atoms with Crippen molar-refractivity contribution in [3.05, 3.63) is 308 Å². The van der Waals surface area contributed by atoms with Crippen molar-refractivity contribution in [3.8, 4) is 52.9 Å². The molecule has 0 bridgehead atoms. The van der Waals surface area contributed by atoms with E-state index in [4.69, 9.17) is 0 Å². The molecule has 0 unspecified atom stereocenters. The molecule has 0 aliphatic heterocycles. The predicted octanol–water partition coefficient (Wildman–Crippen LogP) is 20.8. The van der Waals surface area contributed by atoms with Gasteiger partial charge in [0.25, 0.3) is 0 Å². The second-order valence-electron chi connectivity index (χ2n) is 22.2. The molecule has 13 aromatic rings. The first-order chi connectivity index (χ1) is 38.1. The number of hydrogen-bond acceptors (Lipinski definition) is 2. The van der Waals surface area contributed by atoms with Crippen LogP contribution in [0.25, 0.3) is 85.2 Å². The van der Waals surface area contributed by atoms with Gasteiger partial charge in [0.15, 0.2) is 0 Å². The second-order valence-corrected chi connectivity index (χ2v) is 24.3. The van der Waals surface area contributed by atoms with E-state index in [9.17, 15) is 0 Å². The standard InChI is InChI=1S/C76H56S2/c1-45-17-27-55(28-18-45)75(56-29-19-46(2)20-30-56)67-43-69(52-15-11-8-12-16-52)77-73(67)63-39-37-62-61(71(63)75)38-40-64-72(62)76(57-31-21-47(3)22-32-57,58-33-23-48(4)24-34-58)68-44-70(78-74(64)68)54-26-36-60-59-35-25-53(51-13-9-7-10-14-51)41-65(59)49(5)50(6)66(60)42-54/h7-44H,1-6H3. The van der Waals surface area contributed by atoms with Gasteiger partial charge in [-0.15, -0.1) is 22.7 Å². The van der Waals surface area contributed by atoms with Crippen molar-refractivity contribution in [2.45, 2.75) is 52.4 Å². The van der Waals surface area contributed by atoms with Crippen LogP contribution in [0.1, 0.15) is 77.9 Å². The fourth-order valence-corrected chi connectivity index (χ4v) is 16.3. The molecular formula is C76H56S2. The molecular weight excluding hydrogens is 977 g/mol. The van der Waals surface area contributed by atoms with Crippen molar-refractivity contribution in [3.63, 3.8) is 0 Å². The Morgan fingerprint density at radius 2 is 0.615 bits per heavy atom. The molecule has 2 aliphatic carbocycles. The van der Waals surface area contributed by atoms with Gasteiger partial charge in [0.1, 0.15) is 0 Å². The van der Waals surface area contributed by atoms with Crippen LogP contribution in [0.2, 0.25) is 0 Å². The van der Waals surface area contributed by atoms with Gasteiger partial charge in [-0.2, -0.15) is 0 Å². The Hall–Kier alpha value is -8.40. The number of hydrogen-bond donors (Lipinski definition) is 0. The lowest BCUT2D eigenvalue weighted by Crippen LogP contribution is -2.30. The highest BCUT2D eigenvalue weighted by molar-refractivity contribution is 7.19. The third-order valence-corrected chi connectivity index (χ3v) is 20.2. The van der Waals surface area contributed by atoms with E-state index in [1.807, 2.05) is 22.7 Å². The zero-order chi connectivity index (χ0) is 52.6. The van der Waals surface area contributed by atoms with Gasteiger partial charge in [-0.1, -0.05) is 229 Å². The Kier molecular flexibility index (Phi) is 10.6. The normalized spacial score (nSPS) is 13.7. The summed E-state index contributed by atoms with van der Waals surface area (Å²) in [6, 6.07) is 88.9. The molecule has 2 heterocycles. The van der Waals surface area contributed by atoms with E-state index < -0.39 is 10.8 Å². The molecule has 0 N–H and O–H groups in total. The minimum atomic E-state index is -0.620. The first-order valence-corrected chi connectivity index (χ1v) is 29.0. The van der Waals surface area contributed by atoms with Crippen LogP contribution in [0, 0.1) is 41.5 Å². The zero-order valence-corrected chi connectivity index (χ0v) is 46.4. The minimum Gasteiger partial charge on any atom is -0.135 e. The summed E-state index contributed by atoms with van der Waals surface area (Å²) in [5.41, 5.74) is 24.8. The van der Waals surface area contributed by atoms with Gasteiger partial charge in [-0.3, -0.25) is 0 Å². The van der Waals surface area contributed by atoms with Crippen LogP contribution >= 0.6 is 22.7 Å². The lowest BCUT2D eigenvalue weighted by molar-refractivity contribution is 0.771. The van der Waals surface area contributed by atoms with Gasteiger partial charge < -0.3 is 0 Å². The zero-order valence-electron chi connectivity index (χ0n) is 44.8. The SMILES string of the molecule is Cc1ccc(C2(c3ccc(C)cc3)c3cc(-c4ccccc4)sc3-c3ccc4c5c(ccc4c32)-c2sc(-c3ccc4c(c3)c(C)c(C)c3cc(-c6ccccc6)ccc34)cc2C5(c2ccc(C)cc2)c2ccc(C)cc2)cc1. The van der Waals surface area contributed by atoms with Crippen LogP contribution < -0.4 is 0 Å². The van der Waals surface area contributed by atoms with Crippen molar-refractivity contribution < 1.29 is 0 Å². The van der Waals surface area contributed by atoms with Crippen molar-refractivity contribution >= 4 is 55.0 Å². The Morgan fingerprint density at radius 1 is 0.269 bits per heavy atom. The first-order valence-electron chi connectivity index (χ1n) is 27.4. The number of aryl methyl sites for hydroxylation is 6. The van der Waals surface area contributed by atoms with E-state index >= 15 is 0 Å².